The molecule has 0 aromatic heterocycles. The number of carbonyl (C=O) groups is 6. The molecule has 4 saturated heterocycles. The predicted molar refractivity (Wildman–Crippen MR) is 234 cm³/mol. The van der Waals surface area contributed by atoms with E-state index in [1.54, 1.807) is 32.9 Å². The number of ether oxygens (including phenoxy) is 3. The van der Waals surface area contributed by atoms with Crippen molar-refractivity contribution >= 4 is 81.6 Å². The van der Waals surface area contributed by atoms with Crippen LogP contribution in [0.4, 0.5) is 41.1 Å². The lowest BCUT2D eigenvalue weighted by molar-refractivity contribution is -0.152. The zero-order chi connectivity index (χ0) is 46.4. The average Bonchev–Trinajstić information content (AvgIpc) is 3.29. The molecule has 4 aliphatic rings. The molecule has 0 saturated carbocycles. The fraction of sp³-hybridized carbons (Fsp3) is 0.302. The minimum Gasteiger partial charge on any atom is -0.505 e. The molecule has 22 heteroatoms. The van der Waals surface area contributed by atoms with Gasteiger partial charge in [0.05, 0.1) is 76.3 Å². The Hall–Kier alpha value is -6.74. The Labute approximate surface area is 380 Å². The number of hydrogen-bond acceptors (Lipinski definition) is 10. The van der Waals surface area contributed by atoms with Gasteiger partial charge in [-0.05, 0) is 48.5 Å². The SMILES string of the molecule is COc1c(NC(=O)Nc2cccc(F)c2Cl)cccc1C(=O)N1CCN2C(=O)COC[C@@H]2C1.O=C(Nc1cccc(C(=O)N2CCN3C(=O)COC[C@@H]3C2)c1O)Nc1cccc(F)c1Cl. The van der Waals surface area contributed by atoms with Gasteiger partial charge in [-0.25, -0.2) is 18.4 Å². The molecule has 0 spiro atoms. The van der Waals surface area contributed by atoms with Crippen LogP contribution < -0.4 is 26.0 Å². The molecule has 342 valence electrons. The number of halogens is 4. The van der Waals surface area contributed by atoms with Gasteiger partial charge in [0.25, 0.3) is 11.8 Å². The summed E-state index contributed by atoms with van der Waals surface area (Å²) < 4.78 is 43.2. The van der Waals surface area contributed by atoms with Gasteiger partial charge >= 0.3 is 12.1 Å². The summed E-state index contributed by atoms with van der Waals surface area (Å²) >= 11 is 11.7. The molecule has 65 heavy (non-hydrogen) atoms. The number of hydrogen-bond donors (Lipinski definition) is 5. The van der Waals surface area contributed by atoms with Crippen LogP contribution in [0.3, 0.4) is 0 Å². The highest BCUT2D eigenvalue weighted by atomic mass is 35.5. The van der Waals surface area contributed by atoms with Gasteiger partial charge in [0.2, 0.25) is 11.8 Å². The van der Waals surface area contributed by atoms with Crippen LogP contribution in [-0.4, -0.2) is 145 Å². The number of nitrogens with zero attached hydrogens (tertiary/aromatic N) is 4. The van der Waals surface area contributed by atoms with Crippen molar-refractivity contribution in [3.05, 3.63) is 106 Å². The van der Waals surface area contributed by atoms with E-state index in [-0.39, 0.29) is 99.2 Å². The summed E-state index contributed by atoms with van der Waals surface area (Å²) in [6.07, 6.45) is 0. The number of fused-ring (bicyclic) bond motifs is 2. The van der Waals surface area contributed by atoms with Gasteiger partial charge in [-0.15, -0.1) is 0 Å². The molecule has 18 nitrogen and oxygen atoms in total. The van der Waals surface area contributed by atoms with E-state index in [9.17, 15) is 42.7 Å². The summed E-state index contributed by atoms with van der Waals surface area (Å²) in [5.74, 6) is -2.48. The summed E-state index contributed by atoms with van der Waals surface area (Å²) in [6, 6.07) is 15.3. The molecule has 4 aromatic rings. The van der Waals surface area contributed by atoms with Crippen LogP contribution in [0.5, 0.6) is 11.5 Å². The van der Waals surface area contributed by atoms with Crippen molar-refractivity contribution in [3.63, 3.8) is 0 Å². The number of anilines is 4. The quantitative estimate of drug-likeness (QED) is 0.151. The largest absolute Gasteiger partial charge is 0.505 e. The molecule has 4 aromatic carbocycles. The van der Waals surface area contributed by atoms with Crippen molar-refractivity contribution in [2.24, 2.45) is 0 Å². The van der Waals surface area contributed by atoms with Crippen molar-refractivity contribution in [1.29, 1.82) is 0 Å². The summed E-state index contributed by atoms with van der Waals surface area (Å²) in [4.78, 5) is 81.6. The Bertz CT molecular complexity index is 2520. The first-order valence-corrected chi connectivity index (χ1v) is 20.9. The maximum absolute atomic E-state index is 13.6. The molecule has 8 amide bonds. The molecular formula is C43H42Cl2F2N8O10. The van der Waals surface area contributed by atoms with E-state index in [0.29, 0.717) is 45.9 Å². The minimum atomic E-state index is -0.774. The number of aromatic hydroxyl groups is 1. The summed E-state index contributed by atoms with van der Waals surface area (Å²) in [6.45, 7) is 2.94. The minimum absolute atomic E-state index is 0.00286. The normalized spacial score (nSPS) is 18.0. The first-order chi connectivity index (χ1) is 31.2. The van der Waals surface area contributed by atoms with Crippen LogP contribution in [-0.2, 0) is 19.1 Å². The van der Waals surface area contributed by atoms with Gasteiger partial charge < -0.3 is 60.2 Å². The fourth-order valence-corrected chi connectivity index (χ4v) is 8.03. The second-order valence-corrected chi connectivity index (χ2v) is 15.7. The summed E-state index contributed by atoms with van der Waals surface area (Å²) in [5.41, 5.74) is 0.665. The van der Waals surface area contributed by atoms with E-state index >= 15 is 0 Å². The standard InChI is InChI=1S/C22H22ClFN4O5.C21H20ClFN4O5/c1-32-20-14(21(30)27-8-9-28-13(10-27)11-33-12-18(28)29)4-2-7-17(20)26-22(31)25-16-6-3-5-15(24)19(16)23;22-18-14(23)4-2-5-15(18)24-21(31)25-16-6-1-3-13(19(16)29)20(30)26-7-8-27-12(9-26)10-32-11-17(27)28/h2-7,13H,8-12H2,1H3,(H2,25,26,31);1-6,12,29H,7-11H2,(H2,24,25,31)/t13-;12-/m00/s1. The second kappa shape index (κ2) is 20.4. The number of urea groups is 2. The third kappa shape index (κ3) is 10.5. The van der Waals surface area contributed by atoms with Gasteiger partial charge in [-0.1, -0.05) is 47.5 Å². The second-order valence-electron chi connectivity index (χ2n) is 15.0. The third-order valence-corrected chi connectivity index (χ3v) is 11.6. The number of phenolic OH excluding ortho intramolecular Hbond substituents is 1. The maximum Gasteiger partial charge on any atom is 0.323 e. The highest BCUT2D eigenvalue weighted by Gasteiger charge is 2.38. The van der Waals surface area contributed by atoms with Crippen LogP contribution in [0.1, 0.15) is 20.7 Å². The zero-order valence-electron chi connectivity index (χ0n) is 34.6. The lowest BCUT2D eigenvalue weighted by atomic mass is 10.1. The molecule has 0 bridgehead atoms. The molecule has 0 radical (unpaired) electrons. The van der Waals surface area contributed by atoms with Crippen molar-refractivity contribution in [2.75, 3.05) is 94.1 Å². The number of morpholine rings is 2. The number of benzene rings is 4. The first kappa shape index (κ1) is 46.3. The molecule has 0 unspecified atom stereocenters. The van der Waals surface area contributed by atoms with Gasteiger partial charge in [0, 0.05) is 39.3 Å². The number of rotatable bonds is 7. The highest BCUT2D eigenvalue weighted by Crippen LogP contribution is 2.33. The van der Waals surface area contributed by atoms with Crippen LogP contribution in [0.15, 0.2) is 72.8 Å². The van der Waals surface area contributed by atoms with Crippen LogP contribution in [0.25, 0.3) is 0 Å². The van der Waals surface area contributed by atoms with Gasteiger partial charge in [0.1, 0.15) is 24.8 Å². The summed E-state index contributed by atoms with van der Waals surface area (Å²) in [7, 11) is 1.39. The average molecular weight is 940 g/mol. The first-order valence-electron chi connectivity index (χ1n) is 20.1. The Kier molecular flexibility index (Phi) is 14.5. The Morgan fingerprint density at radius 2 is 1.05 bits per heavy atom. The number of amides is 8. The van der Waals surface area contributed by atoms with E-state index in [2.05, 4.69) is 21.3 Å². The van der Waals surface area contributed by atoms with Crippen molar-refractivity contribution in [1.82, 2.24) is 19.6 Å². The fourth-order valence-electron chi connectivity index (χ4n) is 7.69. The molecule has 2 atom stereocenters. The highest BCUT2D eigenvalue weighted by molar-refractivity contribution is 6.34. The number of para-hydroxylation sites is 2. The van der Waals surface area contributed by atoms with E-state index in [1.165, 1.54) is 60.5 Å². The lowest BCUT2D eigenvalue weighted by Gasteiger charge is -2.43. The smallest absolute Gasteiger partial charge is 0.323 e. The molecule has 4 aliphatic heterocycles. The van der Waals surface area contributed by atoms with Crippen molar-refractivity contribution < 1.29 is 56.9 Å². The topological polar surface area (TPSA) is 211 Å². The number of nitrogens with one attached hydrogen (secondary N) is 4. The van der Waals surface area contributed by atoms with Crippen molar-refractivity contribution in [3.8, 4) is 11.5 Å². The predicted octanol–water partition coefficient (Wildman–Crippen LogP) is 5.33. The van der Waals surface area contributed by atoms with Crippen LogP contribution in [0.2, 0.25) is 10.0 Å². The lowest BCUT2D eigenvalue weighted by Crippen LogP contribution is -2.61. The van der Waals surface area contributed by atoms with E-state index in [0.717, 1.165) is 6.07 Å². The van der Waals surface area contributed by atoms with Gasteiger partial charge in [0.15, 0.2) is 11.5 Å². The van der Waals surface area contributed by atoms with E-state index in [1.807, 2.05) is 0 Å². The Morgan fingerprint density at radius 3 is 1.55 bits per heavy atom. The Morgan fingerprint density at radius 1 is 0.631 bits per heavy atom. The number of phenols is 1. The monoisotopic (exact) mass is 938 g/mol. The molecule has 0 aliphatic carbocycles. The van der Waals surface area contributed by atoms with E-state index < -0.39 is 35.4 Å². The van der Waals surface area contributed by atoms with Gasteiger partial charge in [-0.3, -0.25) is 19.2 Å². The van der Waals surface area contributed by atoms with Gasteiger partial charge in [-0.2, -0.15) is 0 Å². The number of carbonyl (C=O) groups excluding carboxylic acids is 6. The van der Waals surface area contributed by atoms with Crippen LogP contribution in [0, 0.1) is 11.6 Å². The van der Waals surface area contributed by atoms with Crippen molar-refractivity contribution in [2.45, 2.75) is 12.1 Å². The maximum atomic E-state index is 13.6. The molecule has 4 fully saturated rings. The zero-order valence-corrected chi connectivity index (χ0v) is 36.1. The van der Waals surface area contributed by atoms with E-state index in [4.69, 9.17) is 37.4 Å². The molecule has 5 N–H and O–H groups in total. The molecular weight excluding hydrogens is 897 g/mol. The number of piperazine rings is 2. The summed E-state index contributed by atoms with van der Waals surface area (Å²) in [5, 5.41) is 20.1. The Balaban J connectivity index is 0.000000194. The third-order valence-electron chi connectivity index (χ3n) is 10.9. The van der Waals surface area contributed by atoms with Crippen LogP contribution >= 0.6 is 23.2 Å². The molecule has 8 rings (SSSR count). The number of methoxy groups -OCH3 is 1. The molecule has 4 heterocycles.